The van der Waals surface area contributed by atoms with Gasteiger partial charge in [0.2, 0.25) is 0 Å². The zero-order valence-corrected chi connectivity index (χ0v) is 11.9. The van der Waals surface area contributed by atoms with E-state index in [-0.39, 0.29) is 0 Å². The number of furan rings is 1. The van der Waals surface area contributed by atoms with Gasteiger partial charge in [0.15, 0.2) is 5.88 Å². The molecule has 0 spiro atoms. The van der Waals surface area contributed by atoms with E-state index < -0.39 is 18.3 Å². The van der Waals surface area contributed by atoms with Crippen molar-refractivity contribution in [3.8, 4) is 0 Å². The molecule has 0 amide bonds. The van der Waals surface area contributed by atoms with Crippen molar-refractivity contribution in [1.82, 2.24) is 0 Å². The standard InChI is InChI=1S/C12H22BNO4/c1-11(2,15)12(3,4)18-13(16)9-7-8-10(17-9)14(5)6/h7-8,15-16H,1-6H3. The molecule has 1 aromatic rings. The van der Waals surface area contributed by atoms with Gasteiger partial charge in [-0.25, -0.2) is 0 Å². The van der Waals surface area contributed by atoms with Gasteiger partial charge < -0.3 is 24.1 Å². The minimum Gasteiger partial charge on any atom is -0.449 e. The second-order valence-electron chi connectivity index (χ2n) is 5.61. The Kier molecular flexibility index (Phi) is 4.15. The Labute approximate surface area is 108 Å². The van der Waals surface area contributed by atoms with Gasteiger partial charge in [-0.1, -0.05) is 0 Å². The summed E-state index contributed by atoms with van der Waals surface area (Å²) in [7, 11) is 2.48. The van der Waals surface area contributed by atoms with E-state index in [0.29, 0.717) is 11.5 Å². The summed E-state index contributed by atoms with van der Waals surface area (Å²) in [5.74, 6) is 0.633. The Morgan fingerprint density at radius 1 is 1.22 bits per heavy atom. The molecule has 0 radical (unpaired) electrons. The summed E-state index contributed by atoms with van der Waals surface area (Å²) < 4.78 is 10.9. The second-order valence-corrected chi connectivity index (χ2v) is 5.61. The summed E-state index contributed by atoms with van der Waals surface area (Å²) in [5, 5.41) is 19.9. The van der Waals surface area contributed by atoms with Gasteiger partial charge in [-0.05, 0) is 33.8 Å². The molecule has 0 aliphatic heterocycles. The van der Waals surface area contributed by atoms with Crippen molar-refractivity contribution in [3.05, 3.63) is 12.1 Å². The SMILES string of the molecule is CN(C)c1ccc(B(O)OC(C)(C)C(C)(C)O)o1. The van der Waals surface area contributed by atoms with Crippen molar-refractivity contribution in [1.29, 1.82) is 0 Å². The van der Waals surface area contributed by atoms with Crippen LogP contribution in [0.3, 0.4) is 0 Å². The summed E-state index contributed by atoms with van der Waals surface area (Å²) in [6, 6.07) is 3.40. The predicted octanol–water partition coefficient (Wildman–Crippen LogP) is 0.599. The molecule has 1 aromatic heterocycles. The second kappa shape index (κ2) is 4.95. The van der Waals surface area contributed by atoms with Crippen LogP contribution in [0.15, 0.2) is 16.5 Å². The molecule has 0 aliphatic rings. The molecular weight excluding hydrogens is 233 g/mol. The lowest BCUT2D eigenvalue weighted by Gasteiger charge is -2.38. The van der Waals surface area contributed by atoms with E-state index in [1.165, 1.54) is 0 Å². The maximum absolute atomic E-state index is 9.97. The smallest absolute Gasteiger partial charge is 0.449 e. The number of hydrogen-bond donors (Lipinski definition) is 2. The number of anilines is 1. The van der Waals surface area contributed by atoms with Crippen LogP contribution in [-0.4, -0.2) is 42.5 Å². The molecule has 18 heavy (non-hydrogen) atoms. The topological polar surface area (TPSA) is 66.1 Å². The van der Waals surface area contributed by atoms with E-state index in [4.69, 9.17) is 9.07 Å². The lowest BCUT2D eigenvalue weighted by atomic mass is 9.81. The minimum atomic E-state index is -1.21. The minimum absolute atomic E-state index is 0.316. The molecule has 2 N–H and O–H groups in total. The highest BCUT2D eigenvalue weighted by molar-refractivity contribution is 6.58. The van der Waals surface area contributed by atoms with Crippen LogP contribution in [0.5, 0.6) is 0 Å². The first-order chi connectivity index (χ1) is 8.04. The fourth-order valence-corrected chi connectivity index (χ4v) is 1.20. The zero-order chi connectivity index (χ0) is 14.1. The average Bonchev–Trinajstić information content (AvgIpc) is 2.63. The highest BCUT2D eigenvalue weighted by atomic mass is 16.6. The molecule has 6 heteroatoms. The Morgan fingerprint density at radius 2 is 1.78 bits per heavy atom. The van der Waals surface area contributed by atoms with E-state index in [9.17, 15) is 10.1 Å². The first-order valence-electron chi connectivity index (χ1n) is 5.90. The number of hydrogen-bond acceptors (Lipinski definition) is 5. The van der Waals surface area contributed by atoms with Crippen molar-refractivity contribution in [2.45, 2.75) is 38.9 Å². The summed E-state index contributed by atoms with van der Waals surface area (Å²) in [6.45, 7) is 6.69. The van der Waals surface area contributed by atoms with Gasteiger partial charge in [0.1, 0.15) is 5.66 Å². The van der Waals surface area contributed by atoms with Crippen LogP contribution in [0.1, 0.15) is 27.7 Å². The largest absolute Gasteiger partial charge is 0.529 e. The molecule has 0 aliphatic carbocycles. The molecule has 5 nitrogen and oxygen atoms in total. The quantitative estimate of drug-likeness (QED) is 0.754. The van der Waals surface area contributed by atoms with Crippen LogP contribution < -0.4 is 10.6 Å². The predicted molar refractivity (Wildman–Crippen MR) is 72.1 cm³/mol. The van der Waals surface area contributed by atoms with Gasteiger partial charge >= 0.3 is 7.12 Å². The maximum atomic E-state index is 9.97. The van der Waals surface area contributed by atoms with Gasteiger partial charge in [-0.15, -0.1) is 0 Å². The highest BCUT2D eigenvalue weighted by Crippen LogP contribution is 2.25. The summed E-state index contributed by atoms with van der Waals surface area (Å²) in [4.78, 5) is 1.79. The van der Waals surface area contributed by atoms with Gasteiger partial charge in [0.25, 0.3) is 0 Å². The third-order valence-electron chi connectivity index (χ3n) is 3.18. The van der Waals surface area contributed by atoms with E-state index in [1.54, 1.807) is 44.7 Å². The van der Waals surface area contributed by atoms with Gasteiger partial charge in [-0.3, -0.25) is 0 Å². The third kappa shape index (κ3) is 3.28. The Balaban J connectivity index is 2.79. The monoisotopic (exact) mass is 255 g/mol. The van der Waals surface area contributed by atoms with Crippen LogP contribution in [0, 0.1) is 0 Å². The summed E-state index contributed by atoms with van der Waals surface area (Å²) in [5.41, 5.74) is -1.67. The Bertz CT molecular complexity index is 395. The van der Waals surface area contributed by atoms with Crippen LogP contribution in [-0.2, 0) is 4.65 Å². The molecular formula is C12H22BNO4. The molecule has 0 saturated heterocycles. The van der Waals surface area contributed by atoms with Crippen molar-refractivity contribution in [3.63, 3.8) is 0 Å². The van der Waals surface area contributed by atoms with Gasteiger partial charge in [-0.2, -0.15) is 0 Å². The zero-order valence-electron chi connectivity index (χ0n) is 11.9. The molecule has 0 aromatic carbocycles. The molecule has 0 unspecified atom stereocenters. The van der Waals surface area contributed by atoms with Gasteiger partial charge in [0.05, 0.1) is 11.2 Å². The van der Waals surface area contributed by atoms with E-state index in [2.05, 4.69) is 0 Å². The first kappa shape index (κ1) is 15.1. The highest BCUT2D eigenvalue weighted by Gasteiger charge is 2.40. The molecule has 0 bridgehead atoms. The molecule has 1 rings (SSSR count). The normalized spacial score (nSPS) is 12.7. The van der Waals surface area contributed by atoms with Crippen LogP contribution >= 0.6 is 0 Å². The maximum Gasteiger partial charge on any atom is 0.529 e. The number of nitrogens with zero attached hydrogens (tertiary/aromatic N) is 1. The van der Waals surface area contributed by atoms with Crippen molar-refractivity contribution in [2.24, 2.45) is 0 Å². The third-order valence-corrected chi connectivity index (χ3v) is 3.18. The molecule has 0 atom stereocenters. The van der Waals surface area contributed by atoms with Gasteiger partial charge in [0, 0.05) is 20.2 Å². The molecule has 1 heterocycles. The van der Waals surface area contributed by atoms with Crippen molar-refractivity contribution < 1.29 is 19.2 Å². The first-order valence-corrected chi connectivity index (χ1v) is 5.90. The van der Waals surface area contributed by atoms with Crippen molar-refractivity contribution >= 4 is 18.7 Å². The van der Waals surface area contributed by atoms with Crippen molar-refractivity contribution in [2.75, 3.05) is 19.0 Å². The molecule has 0 fully saturated rings. The molecule has 102 valence electrons. The molecule has 0 saturated carbocycles. The Hall–Kier alpha value is -0.975. The Morgan fingerprint density at radius 3 is 2.17 bits per heavy atom. The van der Waals surface area contributed by atoms with Crippen LogP contribution in [0.2, 0.25) is 0 Å². The van der Waals surface area contributed by atoms with Crippen LogP contribution in [0.25, 0.3) is 0 Å². The fourth-order valence-electron chi connectivity index (χ4n) is 1.20. The number of aliphatic hydroxyl groups is 1. The van der Waals surface area contributed by atoms with E-state index >= 15 is 0 Å². The lowest BCUT2D eigenvalue weighted by molar-refractivity contribution is -0.0986. The van der Waals surface area contributed by atoms with E-state index in [1.807, 2.05) is 14.1 Å². The summed E-state index contributed by atoms with van der Waals surface area (Å²) in [6.07, 6.45) is 0. The summed E-state index contributed by atoms with van der Waals surface area (Å²) >= 11 is 0. The van der Waals surface area contributed by atoms with Crippen LogP contribution in [0.4, 0.5) is 5.88 Å². The average molecular weight is 255 g/mol. The number of rotatable bonds is 5. The van der Waals surface area contributed by atoms with E-state index in [0.717, 1.165) is 0 Å². The fraction of sp³-hybridized carbons (Fsp3) is 0.667. The lowest BCUT2D eigenvalue weighted by Crippen LogP contribution is -2.52.